The number of hydrogen-bond donors (Lipinski definition) is 2. The van der Waals surface area contributed by atoms with Gasteiger partial charge in [-0.1, -0.05) is 18.2 Å². The number of aryl methyl sites for hydroxylation is 2. The number of rotatable bonds is 7. The fraction of sp³-hybridized carbons (Fsp3) is 0.391. The van der Waals surface area contributed by atoms with E-state index in [2.05, 4.69) is 10.6 Å². The van der Waals surface area contributed by atoms with E-state index >= 15 is 0 Å². The summed E-state index contributed by atoms with van der Waals surface area (Å²) < 4.78 is 32.1. The lowest BCUT2D eigenvalue weighted by atomic mass is 9.97. The van der Waals surface area contributed by atoms with Crippen LogP contribution in [0.3, 0.4) is 0 Å². The standard InChI is InChI=1S/C23H29N3O5S/c1-16-5-4-6-17(2)22(16)25-21(27)15-24-23(28)18-11-13-26(14-12-18)32(29,30)20-9-7-19(31-3)8-10-20/h4-10,18H,11-15H2,1-3H3,(H,24,28)(H,25,27). The van der Waals surface area contributed by atoms with Gasteiger partial charge in [0.25, 0.3) is 0 Å². The smallest absolute Gasteiger partial charge is 0.243 e. The minimum atomic E-state index is -3.62. The summed E-state index contributed by atoms with van der Waals surface area (Å²) in [6.45, 7) is 4.20. The fourth-order valence-corrected chi connectivity index (χ4v) is 5.23. The van der Waals surface area contributed by atoms with Gasteiger partial charge in [0.05, 0.1) is 18.6 Å². The highest BCUT2D eigenvalue weighted by Crippen LogP contribution is 2.25. The van der Waals surface area contributed by atoms with Crippen LogP contribution in [0.5, 0.6) is 5.75 Å². The first-order chi connectivity index (χ1) is 15.2. The molecule has 0 atom stereocenters. The van der Waals surface area contributed by atoms with Crippen LogP contribution in [0.1, 0.15) is 24.0 Å². The van der Waals surface area contributed by atoms with Crippen LogP contribution in [0.4, 0.5) is 5.69 Å². The predicted octanol–water partition coefficient (Wildman–Crippen LogP) is 2.47. The number of carbonyl (C=O) groups is 2. The Hall–Kier alpha value is -2.91. The minimum absolute atomic E-state index is 0.128. The van der Waals surface area contributed by atoms with Crippen molar-refractivity contribution in [3.63, 3.8) is 0 Å². The third kappa shape index (κ3) is 5.46. The lowest BCUT2D eigenvalue weighted by Gasteiger charge is -2.30. The van der Waals surface area contributed by atoms with E-state index in [9.17, 15) is 18.0 Å². The zero-order valence-electron chi connectivity index (χ0n) is 18.6. The monoisotopic (exact) mass is 459 g/mol. The molecule has 1 heterocycles. The van der Waals surface area contributed by atoms with Gasteiger partial charge in [0, 0.05) is 24.7 Å². The Balaban J connectivity index is 1.50. The Morgan fingerprint density at radius 1 is 1.03 bits per heavy atom. The fourth-order valence-electron chi connectivity index (χ4n) is 3.76. The summed E-state index contributed by atoms with van der Waals surface area (Å²) in [5.41, 5.74) is 2.66. The van der Waals surface area contributed by atoms with Crippen molar-refractivity contribution in [1.29, 1.82) is 0 Å². The Bertz CT molecular complexity index is 1060. The molecule has 2 aromatic carbocycles. The maximum Gasteiger partial charge on any atom is 0.243 e. The third-order valence-corrected chi connectivity index (χ3v) is 7.60. The third-order valence-electron chi connectivity index (χ3n) is 5.69. The van der Waals surface area contributed by atoms with Crippen molar-refractivity contribution in [2.24, 2.45) is 5.92 Å². The number of methoxy groups -OCH3 is 1. The summed E-state index contributed by atoms with van der Waals surface area (Å²) in [7, 11) is -2.10. The number of anilines is 1. The van der Waals surface area contributed by atoms with Crippen LogP contribution in [0.2, 0.25) is 0 Å². The first-order valence-electron chi connectivity index (χ1n) is 10.5. The van der Waals surface area contributed by atoms with Crippen molar-refractivity contribution in [2.45, 2.75) is 31.6 Å². The Morgan fingerprint density at radius 3 is 2.19 bits per heavy atom. The van der Waals surface area contributed by atoms with E-state index in [4.69, 9.17) is 4.74 Å². The molecule has 172 valence electrons. The predicted molar refractivity (Wildman–Crippen MR) is 122 cm³/mol. The summed E-state index contributed by atoms with van der Waals surface area (Å²) >= 11 is 0. The largest absolute Gasteiger partial charge is 0.497 e. The van der Waals surface area contributed by atoms with Crippen LogP contribution in [-0.2, 0) is 19.6 Å². The molecule has 3 rings (SSSR count). The molecule has 0 bridgehead atoms. The van der Waals surface area contributed by atoms with E-state index in [-0.39, 0.29) is 42.3 Å². The van der Waals surface area contributed by atoms with E-state index in [1.54, 1.807) is 12.1 Å². The minimum Gasteiger partial charge on any atom is -0.497 e. The lowest BCUT2D eigenvalue weighted by molar-refractivity contribution is -0.128. The summed E-state index contributed by atoms with van der Waals surface area (Å²) in [5.74, 6) is -0.273. The number of amides is 2. The quantitative estimate of drug-likeness (QED) is 0.662. The molecule has 0 unspecified atom stereocenters. The molecule has 1 fully saturated rings. The van der Waals surface area contributed by atoms with Gasteiger partial charge < -0.3 is 15.4 Å². The number of sulfonamides is 1. The molecule has 2 N–H and O–H groups in total. The van der Waals surface area contributed by atoms with Gasteiger partial charge in [0.15, 0.2) is 0 Å². The molecule has 1 saturated heterocycles. The van der Waals surface area contributed by atoms with E-state index in [1.807, 2.05) is 32.0 Å². The molecule has 0 radical (unpaired) electrons. The summed E-state index contributed by atoms with van der Waals surface area (Å²) in [6, 6.07) is 12.0. The van der Waals surface area contributed by atoms with E-state index < -0.39 is 10.0 Å². The van der Waals surface area contributed by atoms with Gasteiger partial charge >= 0.3 is 0 Å². The Kier molecular flexibility index (Phi) is 7.52. The van der Waals surface area contributed by atoms with Crippen molar-refractivity contribution in [3.05, 3.63) is 53.6 Å². The van der Waals surface area contributed by atoms with Gasteiger partial charge in [-0.25, -0.2) is 8.42 Å². The van der Waals surface area contributed by atoms with E-state index in [1.165, 1.54) is 23.5 Å². The number of benzene rings is 2. The van der Waals surface area contributed by atoms with Gasteiger partial charge in [-0.05, 0) is 62.1 Å². The van der Waals surface area contributed by atoms with Crippen LogP contribution in [-0.4, -0.2) is 51.3 Å². The highest BCUT2D eigenvalue weighted by molar-refractivity contribution is 7.89. The van der Waals surface area contributed by atoms with E-state index in [0.29, 0.717) is 18.6 Å². The number of para-hydroxylation sites is 1. The summed E-state index contributed by atoms with van der Waals surface area (Å²) in [4.78, 5) is 25.0. The molecular weight excluding hydrogens is 430 g/mol. The molecule has 32 heavy (non-hydrogen) atoms. The average Bonchev–Trinajstić information content (AvgIpc) is 2.80. The van der Waals surface area contributed by atoms with Gasteiger partial charge in [-0.15, -0.1) is 0 Å². The molecule has 8 nitrogen and oxygen atoms in total. The molecule has 9 heteroatoms. The normalized spacial score (nSPS) is 15.2. The van der Waals surface area contributed by atoms with Crippen LogP contribution >= 0.6 is 0 Å². The number of hydrogen-bond acceptors (Lipinski definition) is 5. The number of piperidine rings is 1. The maximum absolute atomic E-state index is 12.8. The number of nitrogens with one attached hydrogen (secondary N) is 2. The second-order valence-corrected chi connectivity index (χ2v) is 9.82. The first kappa shape index (κ1) is 23.7. The molecule has 0 saturated carbocycles. The summed E-state index contributed by atoms with van der Waals surface area (Å²) in [5, 5.41) is 5.52. The van der Waals surface area contributed by atoms with Crippen molar-refractivity contribution < 1.29 is 22.7 Å². The van der Waals surface area contributed by atoms with Gasteiger partial charge in [0.2, 0.25) is 21.8 Å². The van der Waals surface area contributed by atoms with Gasteiger partial charge in [-0.3, -0.25) is 9.59 Å². The first-order valence-corrected chi connectivity index (χ1v) is 11.9. The zero-order chi connectivity index (χ0) is 23.3. The van der Waals surface area contributed by atoms with Gasteiger partial charge in [0.1, 0.15) is 5.75 Å². The molecule has 0 aromatic heterocycles. The topological polar surface area (TPSA) is 105 Å². The maximum atomic E-state index is 12.8. The molecule has 0 aliphatic carbocycles. The molecular formula is C23H29N3O5S. The molecule has 1 aliphatic heterocycles. The Morgan fingerprint density at radius 2 is 1.62 bits per heavy atom. The van der Waals surface area contributed by atoms with E-state index in [0.717, 1.165) is 16.8 Å². The second-order valence-electron chi connectivity index (χ2n) is 7.89. The highest BCUT2D eigenvalue weighted by Gasteiger charge is 2.32. The molecule has 0 spiro atoms. The van der Waals surface area contributed by atoms with Crippen LogP contribution in [0, 0.1) is 19.8 Å². The van der Waals surface area contributed by atoms with Crippen molar-refractivity contribution in [2.75, 3.05) is 32.1 Å². The van der Waals surface area contributed by atoms with Crippen molar-refractivity contribution in [1.82, 2.24) is 9.62 Å². The number of carbonyl (C=O) groups excluding carboxylic acids is 2. The van der Waals surface area contributed by atoms with Crippen molar-refractivity contribution >= 4 is 27.5 Å². The molecule has 1 aliphatic rings. The van der Waals surface area contributed by atoms with Crippen LogP contribution in [0.25, 0.3) is 0 Å². The Labute approximate surface area is 189 Å². The number of nitrogens with zero attached hydrogens (tertiary/aromatic N) is 1. The number of ether oxygens (including phenoxy) is 1. The highest BCUT2D eigenvalue weighted by atomic mass is 32.2. The zero-order valence-corrected chi connectivity index (χ0v) is 19.4. The van der Waals surface area contributed by atoms with Gasteiger partial charge in [-0.2, -0.15) is 4.31 Å². The van der Waals surface area contributed by atoms with Crippen LogP contribution in [0.15, 0.2) is 47.4 Å². The molecule has 2 amide bonds. The lowest BCUT2D eigenvalue weighted by Crippen LogP contribution is -2.44. The molecule has 2 aromatic rings. The summed E-state index contributed by atoms with van der Waals surface area (Å²) in [6.07, 6.45) is 0.805. The average molecular weight is 460 g/mol. The second kappa shape index (κ2) is 10.1. The van der Waals surface area contributed by atoms with Crippen molar-refractivity contribution in [3.8, 4) is 5.75 Å². The van der Waals surface area contributed by atoms with Crippen LogP contribution < -0.4 is 15.4 Å². The SMILES string of the molecule is COc1ccc(S(=O)(=O)N2CCC(C(=O)NCC(=O)Nc3c(C)cccc3C)CC2)cc1.